The predicted octanol–water partition coefficient (Wildman–Crippen LogP) is 3.21. The highest BCUT2D eigenvalue weighted by atomic mass is 16.6. The number of amides is 2. The van der Waals surface area contributed by atoms with Gasteiger partial charge in [0, 0.05) is 13.0 Å². The first kappa shape index (κ1) is 24.7. The highest BCUT2D eigenvalue weighted by Gasteiger charge is 2.21. The number of hydrogen-bond acceptors (Lipinski definition) is 6. The maximum atomic E-state index is 11.9. The summed E-state index contributed by atoms with van der Waals surface area (Å²) >= 11 is 0. The van der Waals surface area contributed by atoms with Crippen LogP contribution < -0.4 is 10.6 Å². The third-order valence-electron chi connectivity index (χ3n) is 2.60. The molecule has 0 radical (unpaired) electrons. The van der Waals surface area contributed by atoms with Crippen molar-refractivity contribution in [1.29, 1.82) is 0 Å². The van der Waals surface area contributed by atoms with E-state index < -0.39 is 23.4 Å². The molecule has 0 aromatic carbocycles. The van der Waals surface area contributed by atoms with Gasteiger partial charge in [0.05, 0.1) is 13.2 Å². The molecule has 0 aromatic heterocycles. The van der Waals surface area contributed by atoms with Crippen molar-refractivity contribution < 1.29 is 23.8 Å². The van der Waals surface area contributed by atoms with Crippen LogP contribution in [0.2, 0.25) is 0 Å². The smallest absolute Gasteiger partial charge is 0.414 e. The van der Waals surface area contributed by atoms with Crippen LogP contribution in [0.1, 0.15) is 60.8 Å². The first-order valence-electron chi connectivity index (χ1n) is 8.98. The van der Waals surface area contributed by atoms with Crippen molar-refractivity contribution >= 4 is 18.1 Å². The second kappa shape index (κ2) is 12.2. The van der Waals surface area contributed by atoms with E-state index in [0.717, 1.165) is 19.3 Å². The van der Waals surface area contributed by atoms with Gasteiger partial charge in [-0.1, -0.05) is 0 Å². The lowest BCUT2D eigenvalue weighted by Crippen LogP contribution is -2.47. The monoisotopic (exact) mass is 383 g/mol. The van der Waals surface area contributed by atoms with Gasteiger partial charge in [0.2, 0.25) is 5.96 Å². The van der Waals surface area contributed by atoms with Crippen LogP contribution in [0.5, 0.6) is 0 Å². The van der Waals surface area contributed by atoms with E-state index in [9.17, 15) is 9.59 Å². The van der Waals surface area contributed by atoms with Crippen molar-refractivity contribution in [2.45, 2.75) is 72.0 Å². The van der Waals surface area contributed by atoms with Gasteiger partial charge in [0.25, 0.3) is 0 Å². The van der Waals surface area contributed by atoms with Crippen LogP contribution >= 0.6 is 0 Å². The Morgan fingerprint density at radius 3 is 1.89 bits per heavy atom. The van der Waals surface area contributed by atoms with Crippen LogP contribution in [0.4, 0.5) is 9.59 Å². The quantitative estimate of drug-likeness (QED) is 0.304. The second-order valence-corrected chi connectivity index (χ2v) is 7.76. The minimum absolute atomic E-state index is 0.0607. The summed E-state index contributed by atoms with van der Waals surface area (Å²) < 4.78 is 15.8. The number of rotatable bonds is 7. The molecule has 27 heavy (non-hydrogen) atoms. The zero-order chi connectivity index (χ0) is 20.9. The molecule has 0 saturated carbocycles. The van der Waals surface area contributed by atoms with Crippen molar-refractivity contribution in [1.82, 2.24) is 10.6 Å². The zero-order valence-corrected chi connectivity index (χ0v) is 17.3. The van der Waals surface area contributed by atoms with Gasteiger partial charge in [0.15, 0.2) is 0 Å². The van der Waals surface area contributed by atoms with Gasteiger partial charge >= 0.3 is 12.2 Å². The fraction of sp³-hybridized carbons (Fsp3) is 0.737. The lowest BCUT2D eigenvalue weighted by atomic mass is 10.2. The molecule has 0 unspecified atom stereocenters. The number of guanidine groups is 1. The lowest BCUT2D eigenvalue weighted by Gasteiger charge is -2.22. The maximum absolute atomic E-state index is 11.9. The SMILES string of the molecule is C#CCCCCOCCN=C(NC(=O)OC(C)(C)C)NC(=O)OC(C)(C)C. The number of hydrogen-bond donors (Lipinski definition) is 2. The third kappa shape index (κ3) is 16.9. The molecule has 0 aliphatic rings. The molecule has 0 rings (SSSR count). The van der Waals surface area contributed by atoms with Gasteiger partial charge in [-0.05, 0) is 54.4 Å². The summed E-state index contributed by atoms with van der Waals surface area (Å²) in [5.74, 6) is 2.51. The molecule has 0 heterocycles. The Labute approximate surface area is 162 Å². The fourth-order valence-corrected chi connectivity index (χ4v) is 1.67. The van der Waals surface area contributed by atoms with Gasteiger partial charge < -0.3 is 14.2 Å². The molecular formula is C19H33N3O5. The van der Waals surface area contributed by atoms with Gasteiger partial charge in [0.1, 0.15) is 11.2 Å². The largest absolute Gasteiger partial charge is 0.444 e. The Balaban J connectivity index is 4.60. The zero-order valence-electron chi connectivity index (χ0n) is 17.3. The molecule has 154 valence electrons. The molecule has 0 aromatic rings. The van der Waals surface area contributed by atoms with Crippen molar-refractivity contribution in [3.63, 3.8) is 0 Å². The standard InChI is InChI=1S/C19H33N3O5/c1-8-9-10-11-13-25-14-12-20-15(21-16(23)26-18(2,3)4)22-17(24)27-19(5,6)7/h1H,9-14H2,2-7H3,(H2,20,21,22,23,24). The molecule has 2 N–H and O–H groups in total. The van der Waals surface area contributed by atoms with Crippen LogP contribution in [0, 0.1) is 12.3 Å². The summed E-state index contributed by atoms with van der Waals surface area (Å²) in [7, 11) is 0. The molecule has 0 saturated heterocycles. The summed E-state index contributed by atoms with van der Waals surface area (Å²) in [6.45, 7) is 11.6. The van der Waals surface area contributed by atoms with E-state index in [1.54, 1.807) is 41.5 Å². The van der Waals surface area contributed by atoms with Crippen LogP contribution in [0.3, 0.4) is 0 Å². The van der Waals surface area contributed by atoms with E-state index in [1.165, 1.54) is 0 Å². The lowest BCUT2D eigenvalue weighted by molar-refractivity contribution is 0.0544. The Morgan fingerprint density at radius 1 is 0.926 bits per heavy atom. The molecule has 0 fully saturated rings. The van der Waals surface area contributed by atoms with E-state index in [1.807, 2.05) is 0 Å². The summed E-state index contributed by atoms with van der Waals surface area (Å²) in [5, 5.41) is 4.82. The highest BCUT2D eigenvalue weighted by molar-refractivity contribution is 6.01. The normalized spacial score (nSPS) is 11.1. The van der Waals surface area contributed by atoms with Crippen molar-refractivity contribution in [2.24, 2.45) is 4.99 Å². The second-order valence-electron chi connectivity index (χ2n) is 7.76. The third-order valence-corrected chi connectivity index (χ3v) is 2.60. The summed E-state index contributed by atoms with van der Waals surface area (Å²) in [6, 6.07) is 0. The molecule has 8 nitrogen and oxygen atoms in total. The van der Waals surface area contributed by atoms with Crippen molar-refractivity contribution in [3.8, 4) is 12.3 Å². The molecule has 2 amide bonds. The number of nitrogens with one attached hydrogen (secondary N) is 2. The topological polar surface area (TPSA) is 98.3 Å². The number of nitrogens with zero attached hydrogens (tertiary/aromatic N) is 1. The van der Waals surface area contributed by atoms with Gasteiger partial charge in [-0.15, -0.1) is 12.3 Å². The van der Waals surface area contributed by atoms with Gasteiger partial charge in [-0.3, -0.25) is 10.6 Å². The van der Waals surface area contributed by atoms with Crippen LogP contribution in [-0.2, 0) is 14.2 Å². The predicted molar refractivity (Wildman–Crippen MR) is 105 cm³/mol. The first-order valence-corrected chi connectivity index (χ1v) is 8.98. The molecule has 0 atom stereocenters. The van der Waals surface area contributed by atoms with Crippen LogP contribution in [0.15, 0.2) is 4.99 Å². The van der Waals surface area contributed by atoms with Crippen molar-refractivity contribution in [3.05, 3.63) is 0 Å². The highest BCUT2D eigenvalue weighted by Crippen LogP contribution is 2.07. The fourth-order valence-electron chi connectivity index (χ4n) is 1.67. The number of carbonyl (C=O) groups is 2. The Bertz CT molecular complexity index is 507. The summed E-state index contributed by atoms with van der Waals surface area (Å²) in [5.41, 5.74) is -1.36. The molecule has 0 aliphatic carbocycles. The Hall–Kier alpha value is -2.27. The minimum Gasteiger partial charge on any atom is -0.444 e. The summed E-state index contributed by atoms with van der Waals surface area (Å²) in [6.07, 6.45) is 6.23. The van der Waals surface area contributed by atoms with Crippen LogP contribution in [0.25, 0.3) is 0 Å². The number of unbranched alkanes of at least 4 members (excludes halogenated alkanes) is 2. The average Bonchev–Trinajstić information content (AvgIpc) is 2.45. The average molecular weight is 383 g/mol. The maximum Gasteiger partial charge on any atom is 0.414 e. The Morgan fingerprint density at radius 2 is 1.44 bits per heavy atom. The van der Waals surface area contributed by atoms with Crippen molar-refractivity contribution in [2.75, 3.05) is 19.8 Å². The molecular weight excluding hydrogens is 350 g/mol. The van der Waals surface area contributed by atoms with E-state index >= 15 is 0 Å². The molecule has 0 aliphatic heterocycles. The number of terminal acetylenes is 1. The number of aliphatic imine (C=N–C) groups is 1. The van der Waals surface area contributed by atoms with Crippen LogP contribution in [-0.4, -0.2) is 49.1 Å². The number of ether oxygens (including phenoxy) is 3. The summed E-state index contributed by atoms with van der Waals surface area (Å²) in [4.78, 5) is 28.0. The molecule has 0 spiro atoms. The minimum atomic E-state index is -0.729. The first-order chi connectivity index (χ1) is 12.4. The molecule has 0 bridgehead atoms. The van der Waals surface area contributed by atoms with E-state index in [0.29, 0.717) is 13.2 Å². The number of carbonyl (C=O) groups excluding carboxylic acids is 2. The molecule has 8 heteroatoms. The Kier molecular flexibility index (Phi) is 11.2. The van der Waals surface area contributed by atoms with Gasteiger partial charge in [-0.25, -0.2) is 14.6 Å². The number of alkyl carbamates (subject to hydrolysis) is 2. The van der Waals surface area contributed by atoms with E-state index in [4.69, 9.17) is 20.6 Å². The van der Waals surface area contributed by atoms with E-state index in [-0.39, 0.29) is 12.5 Å². The van der Waals surface area contributed by atoms with Gasteiger partial charge in [-0.2, -0.15) is 0 Å². The van der Waals surface area contributed by atoms with E-state index in [2.05, 4.69) is 21.5 Å².